The number of ketones is 1. The Bertz CT molecular complexity index is 1360. The van der Waals surface area contributed by atoms with Crippen molar-refractivity contribution < 1.29 is 27.2 Å². The molecule has 10 heteroatoms. The minimum atomic E-state index is -1.99. The molecule has 1 heterocycles. The van der Waals surface area contributed by atoms with Crippen molar-refractivity contribution >= 4 is 39.1 Å². The van der Waals surface area contributed by atoms with E-state index in [2.05, 4.69) is 132 Å². The topological polar surface area (TPSA) is 63.2 Å². The lowest BCUT2D eigenvalue weighted by Crippen LogP contribution is -2.57. The van der Waals surface area contributed by atoms with Crippen LogP contribution in [-0.2, 0) is 24.4 Å². The van der Waals surface area contributed by atoms with Gasteiger partial charge in [-0.05, 0) is 133 Å². The third kappa shape index (κ3) is 12.2. The molecule has 3 rings (SSSR count). The SMILES string of the molecule is C/C(C[C@@H]1OCC(C/C=C/[C@@H](C)[C@H](C)O[Si](C)(C)C)[C@@H](O[Si](C)(C)C)[C@@H]1O[Si](C)(C)C)=C1/Cc2cc(O[Si](C)(C)C(C)(C)C)ccc2C1=O. The summed E-state index contributed by atoms with van der Waals surface area (Å²) in [4.78, 5) is 13.8. The number of hydrogen-bond donors (Lipinski definition) is 0. The van der Waals surface area contributed by atoms with Gasteiger partial charge in [-0.2, -0.15) is 0 Å². The lowest BCUT2D eigenvalue weighted by atomic mass is 9.86. The van der Waals surface area contributed by atoms with E-state index >= 15 is 0 Å². The fourth-order valence-corrected chi connectivity index (χ4v) is 11.0. The summed E-state index contributed by atoms with van der Waals surface area (Å²) in [6, 6.07) is 6.03. The number of allylic oxidation sites excluding steroid dienone is 2. The minimum Gasteiger partial charge on any atom is -0.543 e. The van der Waals surface area contributed by atoms with Crippen LogP contribution in [0.5, 0.6) is 5.75 Å². The van der Waals surface area contributed by atoms with Gasteiger partial charge in [-0.15, -0.1) is 0 Å². The Morgan fingerprint density at radius 2 is 1.51 bits per heavy atom. The van der Waals surface area contributed by atoms with Crippen molar-refractivity contribution in [2.45, 2.75) is 162 Å². The number of carbonyl (C=O) groups is 1. The molecule has 0 bridgehead atoms. The molecule has 6 nitrogen and oxygen atoms in total. The molecule has 0 radical (unpaired) electrons. The molecule has 1 fully saturated rings. The smallest absolute Gasteiger partial charge is 0.250 e. The quantitative estimate of drug-likeness (QED) is 0.107. The van der Waals surface area contributed by atoms with Crippen LogP contribution >= 0.6 is 0 Å². The normalized spacial score (nSPS) is 25.0. The molecule has 0 amide bonds. The third-order valence-corrected chi connectivity index (χ3v) is 17.4. The number of ether oxygens (including phenoxy) is 1. The van der Waals surface area contributed by atoms with Gasteiger partial charge >= 0.3 is 0 Å². The first-order chi connectivity index (χ1) is 22.2. The first-order valence-corrected chi connectivity index (χ1v) is 31.7. The number of hydrogen-bond acceptors (Lipinski definition) is 6. The maximum Gasteiger partial charge on any atom is 0.250 e. The summed E-state index contributed by atoms with van der Waals surface area (Å²) in [5.41, 5.74) is 3.81. The Balaban J connectivity index is 1.86. The lowest BCUT2D eigenvalue weighted by Gasteiger charge is -2.47. The van der Waals surface area contributed by atoms with Crippen LogP contribution in [0.2, 0.25) is 77.1 Å². The van der Waals surface area contributed by atoms with Gasteiger partial charge in [0.1, 0.15) is 5.75 Å². The van der Waals surface area contributed by atoms with E-state index in [4.69, 9.17) is 22.4 Å². The number of fused-ring (bicyclic) bond motifs is 1. The Morgan fingerprint density at radius 3 is 2.06 bits per heavy atom. The van der Waals surface area contributed by atoms with Crippen LogP contribution < -0.4 is 4.43 Å². The van der Waals surface area contributed by atoms with Gasteiger partial charge in [-0.3, -0.25) is 4.79 Å². The fourth-order valence-electron chi connectivity index (χ4n) is 6.36. The lowest BCUT2D eigenvalue weighted by molar-refractivity contribution is -0.149. The Labute approximate surface area is 304 Å². The maximum absolute atomic E-state index is 13.8. The van der Waals surface area contributed by atoms with Crippen LogP contribution in [0, 0.1) is 11.8 Å². The molecule has 0 N–H and O–H groups in total. The van der Waals surface area contributed by atoms with Gasteiger partial charge in [0.25, 0.3) is 0 Å². The summed E-state index contributed by atoms with van der Waals surface area (Å²) < 4.78 is 33.7. The first-order valence-electron chi connectivity index (χ1n) is 18.5. The van der Waals surface area contributed by atoms with Crippen LogP contribution in [0.15, 0.2) is 41.5 Å². The van der Waals surface area contributed by atoms with E-state index in [-0.39, 0.29) is 41.2 Å². The zero-order chi connectivity index (χ0) is 37.3. The zero-order valence-corrected chi connectivity index (χ0v) is 38.1. The fraction of sp³-hybridized carbons (Fsp3) is 0.718. The molecule has 6 atom stereocenters. The van der Waals surface area contributed by atoms with Gasteiger partial charge in [-0.1, -0.05) is 45.4 Å². The highest BCUT2D eigenvalue weighted by atomic mass is 28.4. The second kappa shape index (κ2) is 15.9. The van der Waals surface area contributed by atoms with Crippen molar-refractivity contribution in [3.05, 3.63) is 52.6 Å². The minimum absolute atomic E-state index is 0.0722. The molecule has 1 aromatic carbocycles. The number of carbonyl (C=O) groups excluding carboxylic acids is 1. The standard InChI is InChI=1S/C39H70O6Si4/c1-27(29(3)42-46(7,8)9)19-18-20-30-26-41-35(38(45-48(13,14)15)37(30)44-47(10,11)12)23-28(2)34-25-31-24-32(21-22-33(31)36(34)40)43-49(16,17)39(4,5)6/h18-19,21-22,24,27,29-30,35,37-38H,20,23,25-26H2,1-17H3/b19-18+,34-28+/t27-,29+,30?,35+,37-,38-/m1/s1. The predicted molar refractivity (Wildman–Crippen MR) is 216 cm³/mol. The van der Waals surface area contributed by atoms with Gasteiger partial charge in [0, 0.05) is 29.6 Å². The summed E-state index contributed by atoms with van der Waals surface area (Å²) in [6.07, 6.45) is 6.48. The number of rotatable bonds is 14. The summed E-state index contributed by atoms with van der Waals surface area (Å²) in [7, 11) is -7.50. The third-order valence-electron chi connectivity index (χ3n) is 9.98. The van der Waals surface area contributed by atoms with Gasteiger partial charge < -0.3 is 22.4 Å². The summed E-state index contributed by atoms with van der Waals surface area (Å²) in [5, 5.41) is 0.101. The van der Waals surface area contributed by atoms with E-state index in [1.54, 1.807) is 0 Å². The highest BCUT2D eigenvalue weighted by Gasteiger charge is 2.45. The molecular weight excluding hydrogens is 677 g/mol. The average Bonchev–Trinajstić information content (AvgIpc) is 3.23. The van der Waals surface area contributed by atoms with Crippen molar-refractivity contribution in [3.63, 3.8) is 0 Å². The van der Waals surface area contributed by atoms with Gasteiger partial charge in [0.15, 0.2) is 30.7 Å². The van der Waals surface area contributed by atoms with E-state index in [9.17, 15) is 4.79 Å². The van der Waals surface area contributed by atoms with Gasteiger partial charge in [0.05, 0.1) is 24.9 Å². The molecule has 1 saturated heterocycles. The molecule has 1 aliphatic heterocycles. The Hall–Kier alpha value is -1.12. The van der Waals surface area contributed by atoms with Crippen LogP contribution in [0.3, 0.4) is 0 Å². The molecule has 49 heavy (non-hydrogen) atoms. The Morgan fingerprint density at radius 1 is 0.918 bits per heavy atom. The molecule has 1 aliphatic carbocycles. The van der Waals surface area contributed by atoms with Crippen LogP contribution in [-0.4, -0.2) is 70.1 Å². The van der Waals surface area contributed by atoms with Crippen LogP contribution in [0.25, 0.3) is 0 Å². The van der Waals surface area contributed by atoms with Crippen molar-refractivity contribution in [3.8, 4) is 5.75 Å². The largest absolute Gasteiger partial charge is 0.543 e. The molecule has 0 aromatic heterocycles. The van der Waals surface area contributed by atoms with Crippen LogP contribution in [0.4, 0.5) is 0 Å². The van der Waals surface area contributed by atoms with Crippen molar-refractivity contribution in [1.82, 2.24) is 0 Å². The van der Waals surface area contributed by atoms with Gasteiger partial charge in [-0.25, -0.2) is 0 Å². The van der Waals surface area contributed by atoms with E-state index in [1.165, 1.54) is 0 Å². The molecule has 1 aromatic rings. The Kier molecular flexibility index (Phi) is 13.7. The zero-order valence-electron chi connectivity index (χ0n) is 34.1. The van der Waals surface area contributed by atoms with E-state index in [1.807, 2.05) is 12.1 Å². The van der Waals surface area contributed by atoms with Crippen LogP contribution in [0.1, 0.15) is 70.3 Å². The van der Waals surface area contributed by atoms with Crippen molar-refractivity contribution in [1.29, 1.82) is 0 Å². The molecular formula is C39H70O6Si4. The highest BCUT2D eigenvalue weighted by Crippen LogP contribution is 2.40. The maximum atomic E-state index is 13.8. The number of Topliss-reactive ketones (excluding diaryl/α,β-unsaturated/α-hetero) is 1. The van der Waals surface area contributed by atoms with E-state index in [0.29, 0.717) is 25.4 Å². The molecule has 278 valence electrons. The molecule has 0 saturated carbocycles. The summed E-state index contributed by atoms with van der Waals surface area (Å²) in [5.74, 6) is 1.51. The van der Waals surface area contributed by atoms with Crippen molar-refractivity contribution in [2.75, 3.05) is 6.61 Å². The second-order valence-corrected chi connectivity index (χ2v) is 37.2. The van der Waals surface area contributed by atoms with E-state index < -0.39 is 33.3 Å². The molecule has 0 spiro atoms. The van der Waals surface area contributed by atoms with E-state index in [0.717, 1.165) is 34.4 Å². The predicted octanol–water partition coefficient (Wildman–Crippen LogP) is 10.8. The monoisotopic (exact) mass is 746 g/mol. The number of benzene rings is 1. The second-order valence-electron chi connectivity index (χ2n) is 19.1. The molecule has 1 unspecified atom stereocenters. The van der Waals surface area contributed by atoms with Crippen molar-refractivity contribution in [2.24, 2.45) is 11.8 Å². The van der Waals surface area contributed by atoms with Gasteiger partial charge in [0.2, 0.25) is 8.32 Å². The average molecular weight is 747 g/mol. The first kappa shape index (κ1) is 42.3. The summed E-state index contributed by atoms with van der Waals surface area (Å²) >= 11 is 0. The summed E-state index contributed by atoms with van der Waals surface area (Å²) in [6.45, 7) is 38.6. The molecule has 2 aliphatic rings. The highest BCUT2D eigenvalue weighted by molar-refractivity contribution is 6.74.